The van der Waals surface area contributed by atoms with E-state index in [1.165, 1.54) is 0 Å². The van der Waals surface area contributed by atoms with E-state index < -0.39 is 6.10 Å². The highest BCUT2D eigenvalue weighted by molar-refractivity contribution is 5.94. The zero-order valence-electron chi connectivity index (χ0n) is 14.0. The number of amides is 1. The number of nitrogens with one attached hydrogen (secondary N) is 1. The van der Waals surface area contributed by atoms with Crippen LogP contribution in [-0.2, 0) is 4.79 Å². The van der Waals surface area contributed by atoms with Gasteiger partial charge in [-0.25, -0.2) is 0 Å². The van der Waals surface area contributed by atoms with Crippen molar-refractivity contribution in [1.82, 2.24) is 0 Å². The molecule has 0 bridgehead atoms. The van der Waals surface area contributed by atoms with E-state index in [9.17, 15) is 4.79 Å². The summed E-state index contributed by atoms with van der Waals surface area (Å²) in [5, 5.41) is 2.84. The summed E-state index contributed by atoms with van der Waals surface area (Å²) in [4.78, 5) is 12.2. The van der Waals surface area contributed by atoms with Crippen LogP contribution in [0.3, 0.4) is 0 Å². The van der Waals surface area contributed by atoms with Crippen LogP contribution in [-0.4, -0.2) is 18.1 Å². The number of aryl methyl sites for hydroxylation is 1. The first kappa shape index (κ1) is 16.9. The highest BCUT2D eigenvalue weighted by atomic mass is 16.5. The van der Waals surface area contributed by atoms with Crippen molar-refractivity contribution in [2.24, 2.45) is 0 Å². The Morgan fingerprint density at radius 1 is 0.957 bits per heavy atom. The number of hydrogen-bond donors (Lipinski definition) is 1. The summed E-state index contributed by atoms with van der Waals surface area (Å²) in [5.74, 6) is 1.20. The lowest BCUT2D eigenvalue weighted by Gasteiger charge is -2.16. The summed E-state index contributed by atoms with van der Waals surface area (Å²) >= 11 is 0. The SMILES string of the molecule is Cc1ccc(OC(C)C(=O)Nc2cccc(OC(C)C)c2)cc1. The Morgan fingerprint density at radius 2 is 1.65 bits per heavy atom. The number of ether oxygens (including phenoxy) is 2. The minimum atomic E-state index is -0.590. The molecule has 0 fully saturated rings. The van der Waals surface area contributed by atoms with Crippen molar-refractivity contribution in [2.45, 2.75) is 39.9 Å². The minimum absolute atomic E-state index is 0.0877. The van der Waals surface area contributed by atoms with Crippen LogP contribution in [0.2, 0.25) is 0 Å². The molecule has 0 saturated carbocycles. The summed E-state index contributed by atoms with van der Waals surface area (Å²) in [6.07, 6.45) is -0.503. The fraction of sp³-hybridized carbons (Fsp3) is 0.316. The van der Waals surface area contributed by atoms with Crippen LogP contribution in [0.15, 0.2) is 48.5 Å². The van der Waals surface area contributed by atoms with E-state index in [4.69, 9.17) is 9.47 Å². The van der Waals surface area contributed by atoms with Crippen LogP contribution < -0.4 is 14.8 Å². The van der Waals surface area contributed by atoms with Crippen LogP contribution >= 0.6 is 0 Å². The van der Waals surface area contributed by atoms with Gasteiger partial charge in [-0.1, -0.05) is 23.8 Å². The van der Waals surface area contributed by atoms with Gasteiger partial charge in [0.2, 0.25) is 0 Å². The largest absolute Gasteiger partial charge is 0.491 e. The Balaban J connectivity index is 1.96. The van der Waals surface area contributed by atoms with Crippen LogP contribution in [0, 0.1) is 6.92 Å². The van der Waals surface area contributed by atoms with Crippen molar-refractivity contribution < 1.29 is 14.3 Å². The molecule has 1 unspecified atom stereocenters. The van der Waals surface area contributed by atoms with Gasteiger partial charge in [0.15, 0.2) is 6.10 Å². The van der Waals surface area contributed by atoms with Gasteiger partial charge in [0.25, 0.3) is 5.91 Å². The molecule has 1 amide bonds. The maximum atomic E-state index is 12.2. The number of carbonyl (C=O) groups excluding carboxylic acids is 1. The molecule has 4 nitrogen and oxygen atoms in total. The van der Waals surface area contributed by atoms with Crippen LogP contribution in [0.5, 0.6) is 11.5 Å². The van der Waals surface area contributed by atoms with Crippen molar-refractivity contribution in [3.05, 3.63) is 54.1 Å². The Hall–Kier alpha value is -2.49. The fourth-order valence-corrected chi connectivity index (χ4v) is 2.04. The second-order valence-electron chi connectivity index (χ2n) is 5.76. The lowest BCUT2D eigenvalue weighted by molar-refractivity contribution is -0.122. The first-order chi connectivity index (χ1) is 10.9. The molecule has 0 saturated heterocycles. The van der Waals surface area contributed by atoms with Crippen molar-refractivity contribution in [3.63, 3.8) is 0 Å². The standard InChI is InChI=1S/C19H23NO3/c1-13(2)22-18-7-5-6-16(12-18)20-19(21)15(4)23-17-10-8-14(3)9-11-17/h5-13,15H,1-4H3,(H,20,21). The fourth-order valence-electron chi connectivity index (χ4n) is 2.04. The van der Waals surface area contributed by atoms with Crippen LogP contribution in [0.1, 0.15) is 26.3 Å². The van der Waals surface area contributed by atoms with Crippen molar-refractivity contribution in [2.75, 3.05) is 5.32 Å². The Labute approximate surface area is 137 Å². The molecular formula is C19H23NO3. The molecule has 2 aromatic rings. The zero-order valence-corrected chi connectivity index (χ0v) is 14.0. The van der Waals surface area contributed by atoms with Gasteiger partial charge in [-0.2, -0.15) is 0 Å². The molecule has 2 aromatic carbocycles. The quantitative estimate of drug-likeness (QED) is 0.870. The van der Waals surface area contributed by atoms with Gasteiger partial charge in [-0.15, -0.1) is 0 Å². The third-order valence-corrected chi connectivity index (χ3v) is 3.18. The van der Waals surface area contributed by atoms with Gasteiger partial charge in [0.1, 0.15) is 11.5 Å². The molecule has 0 heterocycles. The molecule has 1 N–H and O–H groups in total. The normalized spacial score (nSPS) is 11.9. The Morgan fingerprint density at radius 3 is 2.30 bits per heavy atom. The molecule has 0 radical (unpaired) electrons. The number of benzene rings is 2. The third-order valence-electron chi connectivity index (χ3n) is 3.18. The van der Waals surface area contributed by atoms with E-state index in [1.54, 1.807) is 13.0 Å². The molecule has 23 heavy (non-hydrogen) atoms. The third kappa shape index (κ3) is 5.33. The minimum Gasteiger partial charge on any atom is -0.491 e. The molecule has 0 aliphatic carbocycles. The average Bonchev–Trinajstić information content (AvgIpc) is 2.49. The van der Waals surface area contributed by atoms with Gasteiger partial charge < -0.3 is 14.8 Å². The lowest BCUT2D eigenvalue weighted by Crippen LogP contribution is -2.30. The summed E-state index contributed by atoms with van der Waals surface area (Å²) < 4.78 is 11.3. The van der Waals surface area contributed by atoms with E-state index in [0.29, 0.717) is 11.4 Å². The number of anilines is 1. The highest BCUT2D eigenvalue weighted by Gasteiger charge is 2.15. The maximum absolute atomic E-state index is 12.2. The first-order valence-corrected chi connectivity index (χ1v) is 7.75. The number of hydrogen-bond acceptors (Lipinski definition) is 3. The predicted molar refractivity (Wildman–Crippen MR) is 92.1 cm³/mol. The van der Waals surface area contributed by atoms with E-state index in [-0.39, 0.29) is 12.0 Å². The Kier molecular flexibility index (Phi) is 5.63. The van der Waals surface area contributed by atoms with E-state index in [0.717, 1.165) is 11.3 Å². The topological polar surface area (TPSA) is 47.6 Å². The molecule has 0 spiro atoms. The molecule has 4 heteroatoms. The maximum Gasteiger partial charge on any atom is 0.265 e. The van der Waals surface area contributed by atoms with E-state index in [2.05, 4.69) is 5.32 Å². The molecule has 0 aromatic heterocycles. The number of carbonyl (C=O) groups is 1. The average molecular weight is 313 g/mol. The van der Waals surface area contributed by atoms with Gasteiger partial charge in [0.05, 0.1) is 6.10 Å². The van der Waals surface area contributed by atoms with E-state index >= 15 is 0 Å². The molecule has 0 aliphatic heterocycles. The lowest BCUT2D eigenvalue weighted by atomic mass is 10.2. The smallest absolute Gasteiger partial charge is 0.265 e. The van der Waals surface area contributed by atoms with Gasteiger partial charge >= 0.3 is 0 Å². The monoisotopic (exact) mass is 313 g/mol. The molecule has 0 aliphatic rings. The molecule has 1 atom stereocenters. The van der Waals surface area contributed by atoms with Crippen molar-refractivity contribution in [1.29, 1.82) is 0 Å². The van der Waals surface area contributed by atoms with Gasteiger partial charge in [-0.3, -0.25) is 4.79 Å². The summed E-state index contributed by atoms with van der Waals surface area (Å²) in [7, 11) is 0. The summed E-state index contributed by atoms with van der Waals surface area (Å²) in [6, 6.07) is 15.0. The predicted octanol–water partition coefficient (Wildman–Crippen LogP) is 4.19. The molecule has 122 valence electrons. The number of rotatable bonds is 6. The Bertz CT molecular complexity index is 650. The zero-order chi connectivity index (χ0) is 16.8. The highest BCUT2D eigenvalue weighted by Crippen LogP contribution is 2.19. The second-order valence-corrected chi connectivity index (χ2v) is 5.76. The summed E-state index contributed by atoms with van der Waals surface area (Å²) in [6.45, 7) is 7.65. The van der Waals surface area contributed by atoms with Gasteiger partial charge in [-0.05, 0) is 52.0 Å². The van der Waals surface area contributed by atoms with Crippen molar-refractivity contribution >= 4 is 11.6 Å². The second kappa shape index (κ2) is 7.68. The summed E-state index contributed by atoms with van der Waals surface area (Å²) in [5.41, 5.74) is 1.84. The van der Waals surface area contributed by atoms with Crippen molar-refractivity contribution in [3.8, 4) is 11.5 Å². The van der Waals surface area contributed by atoms with Crippen LogP contribution in [0.25, 0.3) is 0 Å². The van der Waals surface area contributed by atoms with Gasteiger partial charge in [0, 0.05) is 11.8 Å². The van der Waals surface area contributed by atoms with E-state index in [1.807, 2.05) is 63.2 Å². The molecular weight excluding hydrogens is 290 g/mol. The molecule has 2 rings (SSSR count). The van der Waals surface area contributed by atoms with Crippen LogP contribution in [0.4, 0.5) is 5.69 Å². The first-order valence-electron chi connectivity index (χ1n) is 7.75.